The molecular formula is C27H26F3NO5. The van der Waals surface area contributed by atoms with E-state index >= 15 is 0 Å². The van der Waals surface area contributed by atoms with Crippen LogP contribution in [-0.2, 0) is 15.7 Å². The smallest absolute Gasteiger partial charge is 0.416 e. The number of aromatic nitrogens is 1. The third-order valence-corrected chi connectivity index (χ3v) is 5.79. The zero-order chi connectivity index (χ0) is 26.5. The van der Waals surface area contributed by atoms with Gasteiger partial charge in [-0.15, -0.1) is 0 Å². The second-order valence-electron chi connectivity index (χ2n) is 8.39. The Morgan fingerprint density at radius 1 is 0.972 bits per heavy atom. The summed E-state index contributed by atoms with van der Waals surface area (Å²) in [4.78, 5) is 29.4. The van der Waals surface area contributed by atoms with Crippen molar-refractivity contribution in [3.63, 3.8) is 0 Å². The lowest BCUT2D eigenvalue weighted by molar-refractivity contribution is -0.153. The van der Waals surface area contributed by atoms with E-state index < -0.39 is 47.2 Å². The average Bonchev–Trinajstić information content (AvgIpc) is 2.84. The molecule has 190 valence electrons. The summed E-state index contributed by atoms with van der Waals surface area (Å²) < 4.78 is 49.8. The lowest BCUT2D eigenvalue weighted by atomic mass is 9.86. The molecule has 0 fully saturated rings. The number of ether oxygens (including phenoxy) is 2. The molecule has 2 aromatic carbocycles. The summed E-state index contributed by atoms with van der Waals surface area (Å²) in [5.74, 6) is -2.96. The number of carbonyl (C=O) groups is 2. The molecule has 1 heterocycles. The fourth-order valence-electron chi connectivity index (χ4n) is 3.90. The highest BCUT2D eigenvalue weighted by atomic mass is 19.4. The third-order valence-electron chi connectivity index (χ3n) is 5.79. The van der Waals surface area contributed by atoms with Gasteiger partial charge in [0.1, 0.15) is 6.10 Å². The summed E-state index contributed by atoms with van der Waals surface area (Å²) in [5.41, 5.74) is 0.314. The van der Waals surface area contributed by atoms with Crippen molar-refractivity contribution in [2.45, 2.75) is 38.5 Å². The van der Waals surface area contributed by atoms with Gasteiger partial charge in [0.15, 0.2) is 23.0 Å². The normalized spacial score (nSPS) is 13.9. The van der Waals surface area contributed by atoms with Gasteiger partial charge in [0, 0.05) is 24.6 Å². The van der Waals surface area contributed by atoms with Crippen molar-refractivity contribution in [2.24, 2.45) is 5.92 Å². The molecule has 6 nitrogen and oxygen atoms in total. The molecule has 1 aromatic heterocycles. The van der Waals surface area contributed by atoms with Crippen molar-refractivity contribution in [3.8, 4) is 11.5 Å². The van der Waals surface area contributed by atoms with Crippen molar-refractivity contribution >= 4 is 11.8 Å². The maximum Gasteiger partial charge on any atom is 0.416 e. The van der Waals surface area contributed by atoms with E-state index in [2.05, 4.69) is 4.98 Å². The molecular weight excluding hydrogens is 475 g/mol. The molecule has 36 heavy (non-hydrogen) atoms. The predicted molar refractivity (Wildman–Crippen MR) is 126 cm³/mol. The number of aromatic hydroxyl groups is 1. The van der Waals surface area contributed by atoms with Gasteiger partial charge in [-0.1, -0.05) is 49.4 Å². The maximum atomic E-state index is 13.0. The predicted octanol–water partition coefficient (Wildman–Crippen LogP) is 5.79. The van der Waals surface area contributed by atoms with Gasteiger partial charge in [0.2, 0.25) is 0 Å². The number of pyridine rings is 1. The fourth-order valence-corrected chi connectivity index (χ4v) is 3.90. The van der Waals surface area contributed by atoms with E-state index in [4.69, 9.17) is 9.47 Å². The molecule has 0 aliphatic rings. The minimum absolute atomic E-state index is 0.0828. The number of benzene rings is 2. The number of Topliss-reactive ketones (excluding diaryl/α,β-unsaturated/α-hetero) is 1. The van der Waals surface area contributed by atoms with Gasteiger partial charge < -0.3 is 14.6 Å². The van der Waals surface area contributed by atoms with Crippen LogP contribution in [0.1, 0.15) is 53.4 Å². The molecule has 1 N–H and O–H groups in total. The van der Waals surface area contributed by atoms with E-state index in [-0.39, 0.29) is 17.9 Å². The molecule has 0 saturated heterocycles. The standard InChI is InChI=1S/C27H26F3NO5/c1-16(15-21(32)24-25(33)22(35-3)13-14-31-24)26(34)36-17(2)23(18-7-5-4-6-8-18)19-9-11-20(12-10-19)27(28,29)30/h4-14,16-17,23,33H,15H2,1-3H3/t16-,17+,23+/m1/s1. The molecule has 0 amide bonds. The number of hydrogen-bond acceptors (Lipinski definition) is 6. The first-order valence-corrected chi connectivity index (χ1v) is 11.2. The molecule has 0 radical (unpaired) electrons. The fraction of sp³-hybridized carbons (Fsp3) is 0.296. The SMILES string of the molecule is COc1ccnc(C(=O)C[C@@H](C)C(=O)O[C@@H](C)[C@@H](c2ccccc2)c2ccc(C(F)(F)F)cc2)c1O. The van der Waals surface area contributed by atoms with Crippen LogP contribution in [-0.4, -0.2) is 35.1 Å². The lowest BCUT2D eigenvalue weighted by Gasteiger charge is -2.26. The summed E-state index contributed by atoms with van der Waals surface area (Å²) in [6.45, 7) is 3.16. The first-order valence-electron chi connectivity index (χ1n) is 11.2. The van der Waals surface area contributed by atoms with Crippen LogP contribution in [0.3, 0.4) is 0 Å². The lowest BCUT2D eigenvalue weighted by Crippen LogP contribution is -2.28. The van der Waals surface area contributed by atoms with Crippen molar-refractivity contribution in [2.75, 3.05) is 7.11 Å². The Kier molecular flexibility index (Phi) is 8.34. The molecule has 3 aromatic rings. The Labute approximate surface area is 206 Å². The molecule has 0 saturated carbocycles. The number of methoxy groups -OCH3 is 1. The topological polar surface area (TPSA) is 85.7 Å². The van der Waals surface area contributed by atoms with Gasteiger partial charge in [0.05, 0.1) is 18.6 Å². The Bertz CT molecular complexity index is 1200. The number of carbonyl (C=O) groups excluding carboxylic acids is 2. The van der Waals surface area contributed by atoms with E-state index in [1.165, 1.54) is 38.4 Å². The number of hydrogen-bond donors (Lipinski definition) is 1. The highest BCUT2D eigenvalue weighted by Crippen LogP contribution is 2.34. The Morgan fingerprint density at radius 2 is 1.58 bits per heavy atom. The maximum absolute atomic E-state index is 13.0. The Morgan fingerprint density at radius 3 is 2.17 bits per heavy atom. The monoisotopic (exact) mass is 501 g/mol. The number of nitrogens with zero attached hydrogens (tertiary/aromatic N) is 1. The summed E-state index contributed by atoms with van der Waals surface area (Å²) in [7, 11) is 1.34. The zero-order valence-electron chi connectivity index (χ0n) is 20.0. The summed E-state index contributed by atoms with van der Waals surface area (Å²) in [6, 6.07) is 15.1. The molecule has 3 atom stereocenters. The van der Waals surface area contributed by atoms with Gasteiger partial charge in [-0.2, -0.15) is 13.2 Å². The number of alkyl halides is 3. The molecule has 0 spiro atoms. The van der Waals surface area contributed by atoms with E-state index in [0.29, 0.717) is 5.56 Å². The van der Waals surface area contributed by atoms with Gasteiger partial charge in [-0.25, -0.2) is 4.98 Å². The van der Waals surface area contributed by atoms with Gasteiger partial charge in [-0.05, 0) is 30.2 Å². The number of halogens is 3. The minimum Gasteiger partial charge on any atom is -0.503 e. The van der Waals surface area contributed by atoms with Crippen LogP contribution in [0, 0.1) is 5.92 Å². The second-order valence-corrected chi connectivity index (χ2v) is 8.39. The summed E-state index contributed by atoms with van der Waals surface area (Å²) in [5, 5.41) is 10.2. The Hall–Kier alpha value is -3.88. The van der Waals surface area contributed by atoms with Crippen LogP contribution in [0.2, 0.25) is 0 Å². The molecule has 9 heteroatoms. The summed E-state index contributed by atoms with van der Waals surface area (Å²) in [6.07, 6.45) is -4.18. The summed E-state index contributed by atoms with van der Waals surface area (Å²) >= 11 is 0. The molecule has 3 rings (SSSR count). The van der Waals surface area contributed by atoms with Crippen LogP contribution >= 0.6 is 0 Å². The second kappa shape index (κ2) is 11.2. The van der Waals surface area contributed by atoms with Crippen LogP contribution in [0.5, 0.6) is 11.5 Å². The largest absolute Gasteiger partial charge is 0.503 e. The van der Waals surface area contributed by atoms with E-state index in [9.17, 15) is 27.9 Å². The molecule has 0 unspecified atom stereocenters. The third kappa shape index (κ3) is 6.21. The van der Waals surface area contributed by atoms with Gasteiger partial charge >= 0.3 is 12.1 Å². The van der Waals surface area contributed by atoms with Gasteiger partial charge in [-0.3, -0.25) is 9.59 Å². The molecule has 0 aliphatic heterocycles. The average molecular weight is 502 g/mol. The minimum atomic E-state index is -4.47. The van der Waals surface area contributed by atoms with Crippen molar-refractivity contribution in [1.82, 2.24) is 4.98 Å². The van der Waals surface area contributed by atoms with Crippen LogP contribution in [0.15, 0.2) is 66.9 Å². The van der Waals surface area contributed by atoms with Crippen LogP contribution < -0.4 is 4.74 Å². The molecule has 0 bridgehead atoms. The van der Waals surface area contributed by atoms with Crippen LogP contribution in [0.4, 0.5) is 13.2 Å². The zero-order valence-corrected chi connectivity index (χ0v) is 20.0. The Balaban J connectivity index is 1.77. The highest BCUT2D eigenvalue weighted by Gasteiger charge is 2.32. The van der Waals surface area contributed by atoms with E-state index in [1.807, 2.05) is 0 Å². The van der Waals surface area contributed by atoms with Crippen molar-refractivity contribution in [3.05, 3.63) is 89.2 Å². The highest BCUT2D eigenvalue weighted by molar-refractivity contribution is 5.99. The number of rotatable bonds is 9. The van der Waals surface area contributed by atoms with E-state index in [1.54, 1.807) is 37.3 Å². The quantitative estimate of drug-likeness (QED) is 0.295. The first kappa shape index (κ1) is 26.7. The number of esters is 1. The van der Waals surface area contributed by atoms with Gasteiger partial charge in [0.25, 0.3) is 0 Å². The number of ketones is 1. The van der Waals surface area contributed by atoms with Crippen molar-refractivity contribution < 1.29 is 37.3 Å². The molecule has 0 aliphatic carbocycles. The van der Waals surface area contributed by atoms with Crippen LogP contribution in [0.25, 0.3) is 0 Å². The first-order chi connectivity index (χ1) is 17.0. The van der Waals surface area contributed by atoms with E-state index in [0.717, 1.165) is 17.7 Å². The van der Waals surface area contributed by atoms with Crippen molar-refractivity contribution in [1.29, 1.82) is 0 Å².